The van der Waals surface area contributed by atoms with E-state index in [-0.39, 0.29) is 23.6 Å². The van der Waals surface area contributed by atoms with Gasteiger partial charge in [0.15, 0.2) is 0 Å². The van der Waals surface area contributed by atoms with Crippen LogP contribution in [0.15, 0.2) is 23.1 Å². The van der Waals surface area contributed by atoms with Gasteiger partial charge < -0.3 is 9.84 Å². The lowest BCUT2D eigenvalue weighted by molar-refractivity contribution is 0.240. The summed E-state index contributed by atoms with van der Waals surface area (Å²) in [5.74, 6) is 0.686. The van der Waals surface area contributed by atoms with Gasteiger partial charge in [-0.3, -0.25) is 0 Å². The van der Waals surface area contributed by atoms with E-state index in [2.05, 4.69) is 4.72 Å². The van der Waals surface area contributed by atoms with Crippen molar-refractivity contribution in [3.63, 3.8) is 0 Å². The van der Waals surface area contributed by atoms with Crippen LogP contribution in [0.5, 0.6) is 5.75 Å². The quantitative estimate of drug-likeness (QED) is 0.771. The highest BCUT2D eigenvalue weighted by molar-refractivity contribution is 7.89. The minimum atomic E-state index is -3.58. The predicted molar refractivity (Wildman–Crippen MR) is 83.0 cm³/mol. The molecule has 0 saturated carbocycles. The molecule has 0 aromatic heterocycles. The Morgan fingerprint density at radius 3 is 2.48 bits per heavy atom. The Labute approximate surface area is 127 Å². The molecule has 0 bridgehead atoms. The monoisotopic (exact) mass is 315 g/mol. The highest BCUT2D eigenvalue weighted by atomic mass is 32.2. The van der Waals surface area contributed by atoms with Gasteiger partial charge in [-0.15, -0.1) is 0 Å². The van der Waals surface area contributed by atoms with E-state index >= 15 is 0 Å². The van der Waals surface area contributed by atoms with Crippen LogP contribution in [0.3, 0.4) is 0 Å². The van der Waals surface area contributed by atoms with Crippen molar-refractivity contribution in [2.75, 3.05) is 6.61 Å². The van der Waals surface area contributed by atoms with Gasteiger partial charge in [-0.1, -0.05) is 6.92 Å². The van der Waals surface area contributed by atoms with Crippen LogP contribution in [0.4, 0.5) is 0 Å². The van der Waals surface area contributed by atoms with Crippen LogP contribution in [0, 0.1) is 6.92 Å². The summed E-state index contributed by atoms with van der Waals surface area (Å²) in [4.78, 5) is 0.215. The van der Waals surface area contributed by atoms with E-state index in [1.54, 1.807) is 18.2 Å². The van der Waals surface area contributed by atoms with E-state index in [4.69, 9.17) is 9.84 Å². The van der Waals surface area contributed by atoms with Crippen LogP contribution in [-0.2, 0) is 10.0 Å². The van der Waals surface area contributed by atoms with Crippen molar-refractivity contribution in [2.45, 2.75) is 57.6 Å². The second-order valence-corrected chi connectivity index (χ2v) is 7.05. The molecular formula is C15H25NO4S. The first-order valence-electron chi connectivity index (χ1n) is 7.20. The van der Waals surface area contributed by atoms with Crippen molar-refractivity contribution < 1.29 is 18.3 Å². The Hall–Kier alpha value is -1.11. The summed E-state index contributed by atoms with van der Waals surface area (Å²) in [6.07, 6.45) is 1.08. The Morgan fingerprint density at radius 2 is 2.00 bits per heavy atom. The van der Waals surface area contributed by atoms with Crippen LogP contribution in [0.2, 0.25) is 0 Å². The lowest BCUT2D eigenvalue weighted by Gasteiger charge is -2.17. The number of hydrogen-bond acceptors (Lipinski definition) is 4. The Kier molecular flexibility index (Phi) is 6.64. The molecule has 0 aliphatic carbocycles. The summed E-state index contributed by atoms with van der Waals surface area (Å²) >= 11 is 0. The third-order valence-electron chi connectivity index (χ3n) is 3.11. The predicted octanol–water partition coefficient (Wildman–Crippen LogP) is 2.22. The standard InChI is InChI=1S/C15H25NO4S/c1-5-13(8-9-17)16-21(18,19)14-6-7-15(12(4)10-14)20-11(2)3/h6-7,10-11,13,16-17H,5,8-9H2,1-4H3. The molecule has 0 spiro atoms. The number of ether oxygens (including phenoxy) is 1. The summed E-state index contributed by atoms with van der Waals surface area (Å²) in [6, 6.07) is 4.56. The largest absolute Gasteiger partial charge is 0.491 e. The molecular weight excluding hydrogens is 290 g/mol. The first kappa shape index (κ1) is 17.9. The lowest BCUT2D eigenvalue weighted by atomic mass is 10.2. The van der Waals surface area contributed by atoms with Gasteiger partial charge in [0, 0.05) is 12.6 Å². The maximum absolute atomic E-state index is 12.3. The molecule has 5 nitrogen and oxygen atoms in total. The number of benzene rings is 1. The normalized spacial score (nSPS) is 13.4. The zero-order valence-electron chi connectivity index (χ0n) is 13.1. The smallest absolute Gasteiger partial charge is 0.240 e. The Morgan fingerprint density at radius 1 is 1.33 bits per heavy atom. The van der Waals surface area contributed by atoms with E-state index in [1.807, 2.05) is 27.7 Å². The molecule has 1 rings (SSSR count). The van der Waals surface area contributed by atoms with Gasteiger partial charge >= 0.3 is 0 Å². The zero-order chi connectivity index (χ0) is 16.0. The van der Waals surface area contributed by atoms with Crippen molar-refractivity contribution in [1.29, 1.82) is 0 Å². The van der Waals surface area contributed by atoms with Crippen molar-refractivity contribution >= 4 is 10.0 Å². The fourth-order valence-electron chi connectivity index (χ4n) is 1.96. The van der Waals surface area contributed by atoms with Gasteiger partial charge in [0.05, 0.1) is 11.0 Å². The molecule has 0 aliphatic rings. The second-order valence-electron chi connectivity index (χ2n) is 5.33. The van der Waals surface area contributed by atoms with Crippen LogP contribution in [0.1, 0.15) is 39.2 Å². The number of aliphatic hydroxyl groups is 1. The van der Waals surface area contributed by atoms with Gasteiger partial charge in [-0.25, -0.2) is 13.1 Å². The Bertz CT molecular complexity index is 555. The van der Waals surface area contributed by atoms with Crippen molar-refractivity contribution in [3.8, 4) is 5.75 Å². The maximum Gasteiger partial charge on any atom is 0.240 e. The third kappa shape index (κ3) is 5.30. The highest BCUT2D eigenvalue weighted by Gasteiger charge is 2.19. The average molecular weight is 315 g/mol. The second kappa shape index (κ2) is 7.77. The number of hydrogen-bond donors (Lipinski definition) is 2. The lowest BCUT2D eigenvalue weighted by Crippen LogP contribution is -2.35. The van der Waals surface area contributed by atoms with Crippen LogP contribution in [0.25, 0.3) is 0 Å². The van der Waals surface area contributed by atoms with E-state index in [0.29, 0.717) is 18.6 Å². The van der Waals surface area contributed by atoms with Gasteiger partial charge in [-0.05, 0) is 57.4 Å². The van der Waals surface area contributed by atoms with E-state index in [9.17, 15) is 8.42 Å². The highest BCUT2D eigenvalue weighted by Crippen LogP contribution is 2.23. The van der Waals surface area contributed by atoms with E-state index < -0.39 is 10.0 Å². The molecule has 2 N–H and O–H groups in total. The summed E-state index contributed by atoms with van der Waals surface area (Å²) < 4.78 is 32.9. The van der Waals surface area contributed by atoms with Crippen molar-refractivity contribution in [3.05, 3.63) is 23.8 Å². The van der Waals surface area contributed by atoms with Crippen LogP contribution in [-0.4, -0.2) is 32.3 Å². The number of aliphatic hydroxyl groups excluding tert-OH is 1. The topological polar surface area (TPSA) is 75.6 Å². The van der Waals surface area contributed by atoms with Gasteiger partial charge in [0.2, 0.25) is 10.0 Å². The summed E-state index contributed by atoms with van der Waals surface area (Å²) in [7, 11) is -3.58. The minimum absolute atomic E-state index is 0.0401. The molecule has 0 fully saturated rings. The van der Waals surface area contributed by atoms with E-state index in [1.165, 1.54) is 0 Å². The SMILES string of the molecule is CCC(CCO)NS(=O)(=O)c1ccc(OC(C)C)c(C)c1. The molecule has 1 unspecified atom stereocenters. The molecule has 0 saturated heterocycles. The number of nitrogens with one attached hydrogen (secondary N) is 1. The third-order valence-corrected chi connectivity index (χ3v) is 4.63. The Balaban J connectivity index is 2.96. The van der Waals surface area contributed by atoms with Crippen LogP contribution < -0.4 is 9.46 Å². The molecule has 21 heavy (non-hydrogen) atoms. The fourth-order valence-corrected chi connectivity index (χ4v) is 3.40. The fraction of sp³-hybridized carbons (Fsp3) is 0.600. The molecule has 1 aromatic rings. The summed E-state index contributed by atoms with van der Waals surface area (Å²) in [5.41, 5.74) is 0.779. The molecule has 120 valence electrons. The van der Waals surface area contributed by atoms with Crippen LogP contribution >= 0.6 is 0 Å². The van der Waals surface area contributed by atoms with E-state index in [0.717, 1.165) is 5.56 Å². The number of aryl methyl sites for hydroxylation is 1. The molecule has 0 aliphatic heterocycles. The summed E-state index contributed by atoms with van der Waals surface area (Å²) in [5, 5.41) is 8.95. The minimum Gasteiger partial charge on any atom is -0.491 e. The molecule has 6 heteroatoms. The molecule has 1 atom stereocenters. The summed E-state index contributed by atoms with van der Waals surface area (Å²) in [6.45, 7) is 7.51. The molecule has 0 heterocycles. The van der Waals surface area contributed by atoms with Gasteiger partial charge in [0.1, 0.15) is 5.75 Å². The van der Waals surface area contributed by atoms with Gasteiger partial charge in [0.25, 0.3) is 0 Å². The molecule has 0 amide bonds. The average Bonchev–Trinajstić information content (AvgIpc) is 2.39. The zero-order valence-corrected chi connectivity index (χ0v) is 13.9. The molecule has 0 radical (unpaired) electrons. The van der Waals surface area contributed by atoms with Gasteiger partial charge in [-0.2, -0.15) is 0 Å². The number of rotatable bonds is 8. The maximum atomic E-state index is 12.3. The first-order chi connectivity index (χ1) is 9.80. The first-order valence-corrected chi connectivity index (χ1v) is 8.69. The number of sulfonamides is 1. The molecule has 1 aromatic carbocycles. The van der Waals surface area contributed by atoms with Crippen molar-refractivity contribution in [1.82, 2.24) is 4.72 Å². The van der Waals surface area contributed by atoms with Crippen molar-refractivity contribution in [2.24, 2.45) is 0 Å².